The van der Waals surface area contributed by atoms with Crippen molar-refractivity contribution in [2.45, 2.75) is 19.9 Å². The number of nitrogens with one attached hydrogen (secondary N) is 1. The molecule has 0 saturated heterocycles. The molecular formula is C10H19N3S. The number of rotatable bonds is 6. The van der Waals surface area contributed by atoms with Gasteiger partial charge in [0.15, 0.2) is 0 Å². The van der Waals surface area contributed by atoms with Crippen LogP contribution in [0.5, 0.6) is 0 Å². The number of hydrogen-bond acceptors (Lipinski definition) is 4. The first kappa shape index (κ1) is 11.6. The van der Waals surface area contributed by atoms with E-state index in [0.29, 0.717) is 0 Å². The summed E-state index contributed by atoms with van der Waals surface area (Å²) in [5.41, 5.74) is 0. The van der Waals surface area contributed by atoms with E-state index < -0.39 is 0 Å². The van der Waals surface area contributed by atoms with Crippen LogP contribution in [0.4, 0.5) is 0 Å². The van der Waals surface area contributed by atoms with Crippen LogP contribution in [-0.4, -0.2) is 37.1 Å². The SMILES string of the molecule is CNCCCN(C)Cc1cnc(C)s1. The molecule has 0 bridgehead atoms. The third kappa shape index (κ3) is 4.17. The standard InChI is InChI=1S/C10H19N3S/c1-9-12-7-10(14-9)8-13(3)6-4-5-11-2/h7,11H,4-6,8H2,1-3H3. The van der Waals surface area contributed by atoms with Gasteiger partial charge in [-0.05, 0) is 40.5 Å². The van der Waals surface area contributed by atoms with E-state index in [1.54, 1.807) is 11.3 Å². The van der Waals surface area contributed by atoms with Crippen LogP contribution >= 0.6 is 11.3 Å². The average molecular weight is 213 g/mol. The van der Waals surface area contributed by atoms with Crippen molar-refractivity contribution in [1.82, 2.24) is 15.2 Å². The zero-order valence-corrected chi connectivity index (χ0v) is 10.0. The largest absolute Gasteiger partial charge is 0.320 e. The molecule has 0 amide bonds. The highest BCUT2D eigenvalue weighted by molar-refractivity contribution is 7.11. The Morgan fingerprint density at radius 1 is 1.57 bits per heavy atom. The summed E-state index contributed by atoms with van der Waals surface area (Å²) in [6.07, 6.45) is 3.18. The van der Waals surface area contributed by atoms with Crippen LogP contribution in [0.2, 0.25) is 0 Å². The monoisotopic (exact) mass is 213 g/mol. The molecule has 0 saturated carbocycles. The fourth-order valence-corrected chi connectivity index (χ4v) is 2.22. The Balaban J connectivity index is 2.23. The summed E-state index contributed by atoms with van der Waals surface area (Å²) in [5, 5.41) is 4.31. The molecule has 0 spiro atoms. The minimum atomic E-state index is 1.02. The Labute approximate surface area is 90.2 Å². The third-order valence-electron chi connectivity index (χ3n) is 2.06. The first-order valence-electron chi connectivity index (χ1n) is 4.97. The van der Waals surface area contributed by atoms with Gasteiger partial charge in [-0.15, -0.1) is 11.3 Å². The van der Waals surface area contributed by atoms with Crippen molar-refractivity contribution in [3.05, 3.63) is 16.1 Å². The number of aromatic nitrogens is 1. The lowest BCUT2D eigenvalue weighted by Crippen LogP contribution is -2.21. The molecule has 4 heteroatoms. The fourth-order valence-electron chi connectivity index (χ4n) is 1.35. The first-order chi connectivity index (χ1) is 6.72. The molecule has 1 N–H and O–H groups in total. The van der Waals surface area contributed by atoms with Crippen molar-refractivity contribution < 1.29 is 0 Å². The van der Waals surface area contributed by atoms with Crippen LogP contribution in [0, 0.1) is 6.92 Å². The quantitative estimate of drug-likeness (QED) is 0.726. The van der Waals surface area contributed by atoms with Gasteiger partial charge in [-0.3, -0.25) is 0 Å². The highest BCUT2D eigenvalue weighted by atomic mass is 32.1. The van der Waals surface area contributed by atoms with Crippen LogP contribution in [0.1, 0.15) is 16.3 Å². The van der Waals surface area contributed by atoms with Gasteiger partial charge in [0, 0.05) is 17.6 Å². The molecule has 1 aromatic rings. The van der Waals surface area contributed by atoms with E-state index in [-0.39, 0.29) is 0 Å². The summed E-state index contributed by atoms with van der Waals surface area (Å²) in [6.45, 7) is 5.30. The van der Waals surface area contributed by atoms with E-state index in [1.165, 1.54) is 11.3 Å². The van der Waals surface area contributed by atoms with Crippen LogP contribution in [-0.2, 0) is 6.54 Å². The second kappa shape index (κ2) is 6.11. The van der Waals surface area contributed by atoms with E-state index in [0.717, 1.165) is 24.6 Å². The van der Waals surface area contributed by atoms with Crippen molar-refractivity contribution in [2.24, 2.45) is 0 Å². The normalized spacial score (nSPS) is 11.1. The topological polar surface area (TPSA) is 28.2 Å². The maximum Gasteiger partial charge on any atom is 0.0897 e. The van der Waals surface area contributed by atoms with Crippen LogP contribution in [0.25, 0.3) is 0 Å². The lowest BCUT2D eigenvalue weighted by Gasteiger charge is -2.14. The molecule has 0 atom stereocenters. The number of thiazole rings is 1. The Bertz CT molecular complexity index is 260. The van der Waals surface area contributed by atoms with Gasteiger partial charge >= 0.3 is 0 Å². The van der Waals surface area contributed by atoms with Crippen LogP contribution in [0.15, 0.2) is 6.20 Å². The van der Waals surface area contributed by atoms with Gasteiger partial charge in [0.2, 0.25) is 0 Å². The zero-order valence-electron chi connectivity index (χ0n) is 9.21. The van der Waals surface area contributed by atoms with Crippen LogP contribution in [0.3, 0.4) is 0 Å². The fraction of sp³-hybridized carbons (Fsp3) is 0.700. The van der Waals surface area contributed by atoms with Crippen molar-refractivity contribution in [3.63, 3.8) is 0 Å². The lowest BCUT2D eigenvalue weighted by molar-refractivity contribution is 0.323. The molecule has 0 aliphatic carbocycles. The second-order valence-corrected chi connectivity index (χ2v) is 4.86. The molecule has 14 heavy (non-hydrogen) atoms. The molecular weight excluding hydrogens is 194 g/mol. The third-order valence-corrected chi connectivity index (χ3v) is 2.96. The molecule has 1 aromatic heterocycles. The molecule has 0 unspecified atom stereocenters. The number of aryl methyl sites for hydroxylation is 1. The molecule has 3 nitrogen and oxygen atoms in total. The van der Waals surface area contributed by atoms with Gasteiger partial charge in [-0.2, -0.15) is 0 Å². The smallest absolute Gasteiger partial charge is 0.0897 e. The summed E-state index contributed by atoms with van der Waals surface area (Å²) in [6, 6.07) is 0. The minimum Gasteiger partial charge on any atom is -0.320 e. The summed E-state index contributed by atoms with van der Waals surface area (Å²) in [5.74, 6) is 0. The summed E-state index contributed by atoms with van der Waals surface area (Å²) in [7, 11) is 4.15. The minimum absolute atomic E-state index is 1.02. The second-order valence-electron chi connectivity index (χ2n) is 3.54. The van der Waals surface area contributed by atoms with Crippen molar-refractivity contribution in [1.29, 1.82) is 0 Å². The van der Waals surface area contributed by atoms with Crippen molar-refractivity contribution in [3.8, 4) is 0 Å². The maximum absolute atomic E-state index is 4.25. The average Bonchev–Trinajstić information content (AvgIpc) is 2.52. The summed E-state index contributed by atoms with van der Waals surface area (Å²) in [4.78, 5) is 7.94. The summed E-state index contributed by atoms with van der Waals surface area (Å²) < 4.78 is 0. The molecule has 1 heterocycles. The van der Waals surface area contributed by atoms with Gasteiger partial charge in [-0.25, -0.2) is 4.98 Å². The van der Waals surface area contributed by atoms with Gasteiger partial charge < -0.3 is 10.2 Å². The molecule has 80 valence electrons. The highest BCUT2D eigenvalue weighted by Gasteiger charge is 2.02. The molecule has 0 radical (unpaired) electrons. The molecule has 0 fully saturated rings. The summed E-state index contributed by atoms with van der Waals surface area (Å²) >= 11 is 1.79. The van der Waals surface area contributed by atoms with E-state index in [1.807, 2.05) is 13.2 Å². The Kier molecular flexibility index (Phi) is 5.07. The van der Waals surface area contributed by atoms with E-state index in [9.17, 15) is 0 Å². The zero-order chi connectivity index (χ0) is 10.4. The van der Waals surface area contributed by atoms with Gasteiger partial charge in [0.1, 0.15) is 0 Å². The van der Waals surface area contributed by atoms with Crippen LogP contribution < -0.4 is 5.32 Å². The predicted octanol–water partition coefficient (Wildman–Crippen LogP) is 1.49. The number of nitrogens with zero attached hydrogens (tertiary/aromatic N) is 2. The highest BCUT2D eigenvalue weighted by Crippen LogP contribution is 2.13. The lowest BCUT2D eigenvalue weighted by atomic mass is 10.4. The first-order valence-corrected chi connectivity index (χ1v) is 5.78. The maximum atomic E-state index is 4.25. The van der Waals surface area contributed by atoms with Gasteiger partial charge in [0.25, 0.3) is 0 Å². The van der Waals surface area contributed by atoms with E-state index >= 15 is 0 Å². The Morgan fingerprint density at radius 3 is 2.93 bits per heavy atom. The van der Waals surface area contributed by atoms with Crippen molar-refractivity contribution >= 4 is 11.3 Å². The molecule has 0 aliphatic rings. The molecule has 1 rings (SSSR count). The molecule has 0 aromatic carbocycles. The molecule has 0 aliphatic heterocycles. The Hall–Kier alpha value is -0.450. The predicted molar refractivity (Wildman–Crippen MR) is 61.7 cm³/mol. The number of hydrogen-bond donors (Lipinski definition) is 1. The Morgan fingerprint density at radius 2 is 2.36 bits per heavy atom. The van der Waals surface area contributed by atoms with Gasteiger partial charge in [0.05, 0.1) is 5.01 Å². The van der Waals surface area contributed by atoms with E-state index in [4.69, 9.17) is 0 Å². The van der Waals surface area contributed by atoms with E-state index in [2.05, 4.69) is 29.2 Å². The van der Waals surface area contributed by atoms with Crippen molar-refractivity contribution in [2.75, 3.05) is 27.2 Å². The van der Waals surface area contributed by atoms with Gasteiger partial charge in [-0.1, -0.05) is 0 Å².